The maximum absolute atomic E-state index is 4.98. The molecule has 0 aliphatic carbocycles. The average molecular weight is 230 g/mol. The third-order valence-electron chi connectivity index (χ3n) is 2.63. The monoisotopic (exact) mass is 230 g/mol. The van der Waals surface area contributed by atoms with Crippen LogP contribution >= 0.6 is 0 Å². The first-order valence-corrected chi connectivity index (χ1v) is 6.62. The fourth-order valence-corrected chi connectivity index (χ4v) is 1.78. The molecule has 0 atom stereocenters. The van der Waals surface area contributed by atoms with Crippen LogP contribution in [0.3, 0.4) is 0 Å². The van der Waals surface area contributed by atoms with Crippen LogP contribution in [0.25, 0.3) is 0 Å². The molecular formula is C13H30N2O. The van der Waals surface area contributed by atoms with E-state index in [1.807, 2.05) is 0 Å². The highest BCUT2D eigenvalue weighted by molar-refractivity contribution is 4.59. The SMILES string of the molecule is CCN(CCCCNCCOC)CC(C)C. The molecule has 0 aromatic rings. The van der Waals surface area contributed by atoms with Crippen LogP contribution in [-0.2, 0) is 4.74 Å². The third-order valence-corrected chi connectivity index (χ3v) is 2.63. The molecule has 3 heteroatoms. The van der Waals surface area contributed by atoms with E-state index in [-0.39, 0.29) is 0 Å². The Kier molecular flexibility index (Phi) is 11.3. The van der Waals surface area contributed by atoms with Gasteiger partial charge in [0.15, 0.2) is 0 Å². The van der Waals surface area contributed by atoms with Crippen molar-refractivity contribution in [2.45, 2.75) is 33.6 Å². The van der Waals surface area contributed by atoms with E-state index in [4.69, 9.17) is 4.74 Å². The Morgan fingerprint density at radius 2 is 1.94 bits per heavy atom. The van der Waals surface area contributed by atoms with E-state index in [2.05, 4.69) is 31.0 Å². The molecule has 0 bridgehead atoms. The summed E-state index contributed by atoms with van der Waals surface area (Å²) >= 11 is 0. The number of rotatable bonds is 11. The number of unbranched alkanes of at least 4 members (excludes halogenated alkanes) is 1. The van der Waals surface area contributed by atoms with E-state index in [0.29, 0.717) is 0 Å². The van der Waals surface area contributed by atoms with Crippen molar-refractivity contribution in [1.82, 2.24) is 10.2 Å². The van der Waals surface area contributed by atoms with Gasteiger partial charge in [0.1, 0.15) is 0 Å². The normalized spacial score (nSPS) is 11.6. The lowest BCUT2D eigenvalue weighted by Gasteiger charge is -2.22. The number of nitrogens with zero attached hydrogens (tertiary/aromatic N) is 1. The minimum Gasteiger partial charge on any atom is -0.383 e. The van der Waals surface area contributed by atoms with Gasteiger partial charge in [0.05, 0.1) is 6.61 Å². The zero-order valence-corrected chi connectivity index (χ0v) is 11.6. The van der Waals surface area contributed by atoms with Gasteiger partial charge in [-0.15, -0.1) is 0 Å². The molecule has 0 aromatic heterocycles. The van der Waals surface area contributed by atoms with Crippen molar-refractivity contribution in [3.05, 3.63) is 0 Å². The van der Waals surface area contributed by atoms with E-state index in [1.165, 1.54) is 32.5 Å². The molecule has 0 heterocycles. The van der Waals surface area contributed by atoms with Crippen molar-refractivity contribution in [3.8, 4) is 0 Å². The van der Waals surface area contributed by atoms with E-state index in [1.54, 1.807) is 7.11 Å². The number of hydrogen-bond acceptors (Lipinski definition) is 3. The van der Waals surface area contributed by atoms with E-state index < -0.39 is 0 Å². The second-order valence-electron chi connectivity index (χ2n) is 4.74. The van der Waals surface area contributed by atoms with Gasteiger partial charge in [-0.2, -0.15) is 0 Å². The van der Waals surface area contributed by atoms with Gasteiger partial charge in [-0.05, 0) is 38.4 Å². The molecule has 0 unspecified atom stereocenters. The molecule has 0 fully saturated rings. The second kappa shape index (κ2) is 11.4. The van der Waals surface area contributed by atoms with E-state index in [0.717, 1.165) is 25.6 Å². The maximum Gasteiger partial charge on any atom is 0.0587 e. The molecule has 0 saturated carbocycles. The zero-order chi connectivity index (χ0) is 12.2. The lowest BCUT2D eigenvalue weighted by atomic mass is 10.2. The Bertz CT molecular complexity index is 140. The van der Waals surface area contributed by atoms with Gasteiger partial charge in [0.2, 0.25) is 0 Å². The molecule has 16 heavy (non-hydrogen) atoms. The summed E-state index contributed by atoms with van der Waals surface area (Å²) in [5.74, 6) is 0.778. The minimum absolute atomic E-state index is 0.778. The fourth-order valence-electron chi connectivity index (χ4n) is 1.78. The molecule has 0 radical (unpaired) electrons. The number of hydrogen-bond donors (Lipinski definition) is 1. The molecule has 0 aliphatic rings. The summed E-state index contributed by atoms with van der Waals surface area (Å²) in [6.07, 6.45) is 2.55. The summed E-state index contributed by atoms with van der Waals surface area (Å²) in [5, 5.41) is 3.38. The van der Waals surface area contributed by atoms with Gasteiger partial charge in [-0.25, -0.2) is 0 Å². The van der Waals surface area contributed by atoms with Crippen LogP contribution in [0.2, 0.25) is 0 Å². The Labute approximate surface area is 102 Å². The van der Waals surface area contributed by atoms with E-state index in [9.17, 15) is 0 Å². The first-order valence-electron chi connectivity index (χ1n) is 6.62. The van der Waals surface area contributed by atoms with Crippen molar-refractivity contribution in [1.29, 1.82) is 0 Å². The molecule has 0 aromatic carbocycles. The van der Waals surface area contributed by atoms with Gasteiger partial charge in [-0.1, -0.05) is 20.8 Å². The van der Waals surface area contributed by atoms with Crippen molar-refractivity contribution in [2.24, 2.45) is 5.92 Å². The standard InChI is InChI=1S/C13H30N2O/c1-5-15(12-13(2)3)10-7-6-8-14-9-11-16-4/h13-14H,5-12H2,1-4H3. The summed E-state index contributed by atoms with van der Waals surface area (Å²) in [7, 11) is 1.74. The van der Waals surface area contributed by atoms with Crippen LogP contribution in [0.15, 0.2) is 0 Å². The van der Waals surface area contributed by atoms with Gasteiger partial charge in [0.25, 0.3) is 0 Å². The predicted molar refractivity (Wildman–Crippen MR) is 70.9 cm³/mol. The largest absolute Gasteiger partial charge is 0.383 e. The van der Waals surface area contributed by atoms with Crippen molar-refractivity contribution in [2.75, 3.05) is 46.4 Å². The molecule has 0 saturated heterocycles. The van der Waals surface area contributed by atoms with Gasteiger partial charge < -0.3 is 15.0 Å². The quantitative estimate of drug-likeness (QED) is 0.549. The predicted octanol–water partition coefficient (Wildman–Crippen LogP) is 1.98. The van der Waals surface area contributed by atoms with Crippen molar-refractivity contribution >= 4 is 0 Å². The van der Waals surface area contributed by atoms with Gasteiger partial charge in [-0.3, -0.25) is 0 Å². The molecule has 1 N–H and O–H groups in total. The van der Waals surface area contributed by atoms with Gasteiger partial charge >= 0.3 is 0 Å². The van der Waals surface area contributed by atoms with Crippen LogP contribution < -0.4 is 5.32 Å². The number of nitrogens with one attached hydrogen (secondary N) is 1. The minimum atomic E-state index is 0.778. The van der Waals surface area contributed by atoms with Gasteiger partial charge in [0, 0.05) is 20.2 Å². The molecule has 0 amide bonds. The van der Waals surface area contributed by atoms with Crippen molar-refractivity contribution < 1.29 is 4.74 Å². The molecule has 0 spiro atoms. The lowest BCUT2D eigenvalue weighted by Crippen LogP contribution is -2.29. The van der Waals surface area contributed by atoms with Crippen molar-refractivity contribution in [3.63, 3.8) is 0 Å². The smallest absolute Gasteiger partial charge is 0.0587 e. The van der Waals surface area contributed by atoms with Crippen LogP contribution in [0.5, 0.6) is 0 Å². The van der Waals surface area contributed by atoms with Crippen LogP contribution in [0.4, 0.5) is 0 Å². The summed E-state index contributed by atoms with van der Waals surface area (Å²) in [5.41, 5.74) is 0. The molecule has 3 nitrogen and oxygen atoms in total. The lowest BCUT2D eigenvalue weighted by molar-refractivity contribution is 0.199. The molecule has 0 rings (SSSR count). The molecule has 0 aliphatic heterocycles. The Morgan fingerprint density at radius 1 is 1.19 bits per heavy atom. The summed E-state index contributed by atoms with van der Waals surface area (Å²) in [4.78, 5) is 2.54. The summed E-state index contributed by atoms with van der Waals surface area (Å²) < 4.78 is 4.98. The molecular weight excluding hydrogens is 200 g/mol. The topological polar surface area (TPSA) is 24.5 Å². The second-order valence-corrected chi connectivity index (χ2v) is 4.74. The Morgan fingerprint density at radius 3 is 2.50 bits per heavy atom. The number of ether oxygens (including phenoxy) is 1. The van der Waals surface area contributed by atoms with Crippen LogP contribution in [0, 0.1) is 5.92 Å². The summed E-state index contributed by atoms with van der Waals surface area (Å²) in [6.45, 7) is 13.4. The van der Waals surface area contributed by atoms with Crippen LogP contribution in [0.1, 0.15) is 33.6 Å². The zero-order valence-electron chi connectivity index (χ0n) is 11.6. The highest BCUT2D eigenvalue weighted by Gasteiger charge is 2.03. The average Bonchev–Trinajstić information content (AvgIpc) is 2.25. The fraction of sp³-hybridized carbons (Fsp3) is 1.00. The Hall–Kier alpha value is -0.120. The maximum atomic E-state index is 4.98. The molecule has 98 valence electrons. The van der Waals surface area contributed by atoms with E-state index >= 15 is 0 Å². The Balaban J connectivity index is 3.27. The van der Waals surface area contributed by atoms with Crippen LogP contribution in [-0.4, -0.2) is 51.3 Å². The number of methoxy groups -OCH3 is 1. The third kappa shape index (κ3) is 10.4. The first-order chi connectivity index (χ1) is 7.70. The summed E-state index contributed by atoms with van der Waals surface area (Å²) in [6, 6.07) is 0. The first kappa shape index (κ1) is 15.9. The highest BCUT2D eigenvalue weighted by Crippen LogP contribution is 2.00. The highest BCUT2D eigenvalue weighted by atomic mass is 16.5.